The van der Waals surface area contributed by atoms with Crippen molar-refractivity contribution in [2.45, 2.75) is 18.7 Å². The van der Waals surface area contributed by atoms with Gasteiger partial charge in [-0.05, 0) is 56.3 Å². The molecule has 0 radical (unpaired) electrons. The van der Waals surface area contributed by atoms with Crippen LogP contribution in [0.3, 0.4) is 0 Å². The minimum atomic E-state index is -4.09. The Morgan fingerprint density at radius 1 is 1.03 bits per heavy atom. The maximum Gasteiger partial charge on any atom is 0.264 e. The predicted octanol–water partition coefficient (Wildman–Crippen LogP) is 4.89. The molecule has 1 amide bonds. The van der Waals surface area contributed by atoms with Crippen molar-refractivity contribution in [2.24, 2.45) is 0 Å². The van der Waals surface area contributed by atoms with Crippen molar-refractivity contribution in [3.63, 3.8) is 0 Å². The second-order valence-corrected chi connectivity index (χ2v) is 9.42. The van der Waals surface area contributed by atoms with E-state index < -0.39 is 22.5 Å². The van der Waals surface area contributed by atoms with Crippen LogP contribution in [0.5, 0.6) is 11.5 Å². The number of nitrogens with zero attached hydrogens (tertiary/aromatic N) is 1. The quantitative estimate of drug-likeness (QED) is 0.463. The van der Waals surface area contributed by atoms with Gasteiger partial charge in [0.2, 0.25) is 5.91 Å². The number of amides is 1. The zero-order valence-electron chi connectivity index (χ0n) is 18.5. The largest absolute Gasteiger partial charge is 0.495 e. The summed E-state index contributed by atoms with van der Waals surface area (Å²) in [6.45, 7) is 3.51. The zero-order chi connectivity index (χ0) is 24.0. The molecule has 1 N–H and O–H groups in total. The van der Waals surface area contributed by atoms with Crippen molar-refractivity contribution in [3.05, 3.63) is 77.3 Å². The highest BCUT2D eigenvalue weighted by atomic mass is 35.5. The van der Waals surface area contributed by atoms with E-state index >= 15 is 0 Å². The van der Waals surface area contributed by atoms with Crippen LogP contribution in [0.25, 0.3) is 0 Å². The number of rotatable bonds is 9. The molecule has 0 atom stereocenters. The smallest absolute Gasteiger partial charge is 0.264 e. The number of para-hydroxylation sites is 2. The molecule has 3 rings (SSSR count). The number of sulfonamides is 1. The summed E-state index contributed by atoms with van der Waals surface area (Å²) in [4.78, 5) is 13.1. The Balaban J connectivity index is 2.02. The lowest BCUT2D eigenvalue weighted by Crippen LogP contribution is -2.38. The van der Waals surface area contributed by atoms with E-state index in [4.69, 9.17) is 21.1 Å². The summed E-state index contributed by atoms with van der Waals surface area (Å²) < 4.78 is 39.2. The van der Waals surface area contributed by atoms with Gasteiger partial charge in [-0.1, -0.05) is 41.4 Å². The number of aryl methyl sites for hydroxylation is 1. The fourth-order valence-corrected chi connectivity index (χ4v) is 4.78. The molecule has 33 heavy (non-hydrogen) atoms. The zero-order valence-corrected chi connectivity index (χ0v) is 20.1. The summed E-state index contributed by atoms with van der Waals surface area (Å²) in [6, 6.07) is 17.9. The molecule has 0 bridgehead atoms. The highest BCUT2D eigenvalue weighted by Gasteiger charge is 2.29. The van der Waals surface area contributed by atoms with Gasteiger partial charge in [0, 0.05) is 5.02 Å². The van der Waals surface area contributed by atoms with Gasteiger partial charge in [-0.2, -0.15) is 0 Å². The summed E-state index contributed by atoms with van der Waals surface area (Å²) in [6.07, 6.45) is 0. The van der Waals surface area contributed by atoms with Gasteiger partial charge in [0.1, 0.15) is 18.0 Å². The van der Waals surface area contributed by atoms with E-state index in [9.17, 15) is 13.2 Å². The van der Waals surface area contributed by atoms with Crippen LogP contribution in [0.15, 0.2) is 71.6 Å². The number of carbonyl (C=O) groups excluding carboxylic acids is 1. The first-order chi connectivity index (χ1) is 15.8. The predicted molar refractivity (Wildman–Crippen MR) is 130 cm³/mol. The summed E-state index contributed by atoms with van der Waals surface area (Å²) in [7, 11) is -2.62. The van der Waals surface area contributed by atoms with E-state index in [0.29, 0.717) is 28.8 Å². The first kappa shape index (κ1) is 24.4. The Labute approximate surface area is 198 Å². The average molecular weight is 489 g/mol. The molecule has 0 fully saturated rings. The molecule has 0 aromatic heterocycles. The molecule has 0 aliphatic heterocycles. The molecule has 3 aromatic carbocycles. The van der Waals surface area contributed by atoms with Crippen molar-refractivity contribution < 1.29 is 22.7 Å². The second-order valence-electron chi connectivity index (χ2n) is 7.12. The molecule has 0 aliphatic rings. The normalized spacial score (nSPS) is 11.0. The van der Waals surface area contributed by atoms with Gasteiger partial charge in [0.25, 0.3) is 10.0 Å². The van der Waals surface area contributed by atoms with Crippen LogP contribution in [0.4, 0.5) is 11.4 Å². The van der Waals surface area contributed by atoms with Crippen LogP contribution in [-0.2, 0) is 14.8 Å². The summed E-state index contributed by atoms with van der Waals surface area (Å²) >= 11 is 6.05. The monoisotopic (exact) mass is 488 g/mol. The number of benzene rings is 3. The molecule has 0 spiro atoms. The van der Waals surface area contributed by atoms with E-state index in [1.54, 1.807) is 55.5 Å². The number of methoxy groups -OCH3 is 1. The minimum absolute atomic E-state index is 0.0625. The second kappa shape index (κ2) is 10.6. The van der Waals surface area contributed by atoms with Crippen molar-refractivity contribution >= 4 is 38.9 Å². The van der Waals surface area contributed by atoms with Crippen molar-refractivity contribution in [2.75, 3.05) is 29.9 Å². The van der Waals surface area contributed by atoms with Crippen LogP contribution in [-0.4, -0.2) is 34.6 Å². The number of hydrogen-bond acceptors (Lipinski definition) is 5. The van der Waals surface area contributed by atoms with E-state index in [0.717, 1.165) is 9.87 Å². The van der Waals surface area contributed by atoms with E-state index in [-0.39, 0.29) is 10.6 Å². The Bertz CT molecular complexity index is 1230. The first-order valence-corrected chi connectivity index (χ1v) is 12.0. The summed E-state index contributed by atoms with van der Waals surface area (Å²) in [5.74, 6) is 0.178. The van der Waals surface area contributed by atoms with Gasteiger partial charge in [-0.15, -0.1) is 0 Å². The number of anilines is 2. The maximum atomic E-state index is 13.6. The topological polar surface area (TPSA) is 84.9 Å². The molecule has 0 saturated carbocycles. The van der Waals surface area contributed by atoms with Crippen molar-refractivity contribution in [1.82, 2.24) is 0 Å². The SMILES string of the molecule is CCOc1ccccc1N(CC(=O)Nc1cc(Cl)ccc1OC)S(=O)(=O)c1ccc(C)cc1. The lowest BCUT2D eigenvalue weighted by Gasteiger charge is -2.26. The molecular weight excluding hydrogens is 464 g/mol. The van der Waals surface area contributed by atoms with E-state index in [2.05, 4.69) is 5.32 Å². The molecular formula is C24H25ClN2O5S. The number of hydrogen-bond donors (Lipinski definition) is 1. The average Bonchev–Trinajstić information content (AvgIpc) is 2.79. The number of halogens is 1. The van der Waals surface area contributed by atoms with E-state index in [1.165, 1.54) is 25.3 Å². The Kier molecular flexibility index (Phi) is 7.84. The third kappa shape index (κ3) is 5.77. The number of ether oxygens (including phenoxy) is 2. The Hall–Kier alpha value is -3.23. The third-order valence-corrected chi connectivity index (χ3v) is 6.77. The molecule has 3 aromatic rings. The Morgan fingerprint density at radius 2 is 1.73 bits per heavy atom. The van der Waals surface area contributed by atoms with E-state index in [1.807, 2.05) is 6.92 Å². The minimum Gasteiger partial charge on any atom is -0.495 e. The van der Waals surface area contributed by atoms with Gasteiger partial charge in [-0.3, -0.25) is 9.10 Å². The summed E-state index contributed by atoms with van der Waals surface area (Å²) in [5, 5.41) is 3.09. The molecule has 174 valence electrons. The first-order valence-electron chi connectivity index (χ1n) is 10.2. The number of nitrogens with one attached hydrogen (secondary N) is 1. The van der Waals surface area contributed by atoms with Crippen LogP contribution >= 0.6 is 11.6 Å². The van der Waals surface area contributed by atoms with Gasteiger partial charge in [0.05, 0.1) is 30.0 Å². The van der Waals surface area contributed by atoms with Crippen LogP contribution < -0.4 is 19.1 Å². The standard InChI is InChI=1S/C24H25ClN2O5S/c1-4-32-23-8-6-5-7-21(23)27(33(29,30)19-12-9-17(2)10-13-19)16-24(28)26-20-15-18(25)11-14-22(20)31-3/h5-15H,4,16H2,1-3H3,(H,26,28). The van der Waals surface area contributed by atoms with Gasteiger partial charge in [0.15, 0.2) is 0 Å². The molecule has 7 nitrogen and oxygen atoms in total. The fourth-order valence-electron chi connectivity index (χ4n) is 3.18. The molecule has 0 unspecified atom stereocenters. The van der Waals surface area contributed by atoms with Crippen molar-refractivity contribution in [3.8, 4) is 11.5 Å². The third-order valence-electron chi connectivity index (χ3n) is 4.77. The molecule has 0 heterocycles. The highest BCUT2D eigenvalue weighted by molar-refractivity contribution is 7.92. The van der Waals surface area contributed by atoms with Gasteiger partial charge in [-0.25, -0.2) is 8.42 Å². The molecule has 0 saturated heterocycles. The lowest BCUT2D eigenvalue weighted by atomic mass is 10.2. The van der Waals surface area contributed by atoms with Crippen LogP contribution in [0.1, 0.15) is 12.5 Å². The summed E-state index contributed by atoms with van der Waals surface area (Å²) in [5.41, 5.74) is 1.51. The molecule has 9 heteroatoms. The number of carbonyl (C=O) groups is 1. The van der Waals surface area contributed by atoms with Crippen LogP contribution in [0, 0.1) is 6.92 Å². The Morgan fingerprint density at radius 3 is 2.39 bits per heavy atom. The highest BCUT2D eigenvalue weighted by Crippen LogP contribution is 2.33. The molecule has 0 aliphatic carbocycles. The van der Waals surface area contributed by atoms with Crippen LogP contribution in [0.2, 0.25) is 5.02 Å². The van der Waals surface area contributed by atoms with Gasteiger partial charge >= 0.3 is 0 Å². The fraction of sp³-hybridized carbons (Fsp3) is 0.208. The van der Waals surface area contributed by atoms with Crippen molar-refractivity contribution in [1.29, 1.82) is 0 Å². The maximum absolute atomic E-state index is 13.6. The van der Waals surface area contributed by atoms with Gasteiger partial charge < -0.3 is 14.8 Å². The lowest BCUT2D eigenvalue weighted by molar-refractivity contribution is -0.114.